The molecule has 148 valence electrons. The van der Waals surface area contributed by atoms with Crippen LogP contribution in [0.5, 0.6) is 0 Å². The number of imide groups is 1. The lowest BCUT2D eigenvalue weighted by molar-refractivity contribution is -0.136. The minimum Gasteiger partial charge on any atom is -0.322 e. The minimum absolute atomic E-state index is 0.105. The molecule has 0 bridgehead atoms. The molecule has 7 nitrogen and oxygen atoms in total. The molecule has 3 N–H and O–H groups in total. The topological polar surface area (TPSA) is 90.5 Å². The molecular formula is C21H26N4O3. The number of nitrogens with zero attached hydrogens (tertiary/aromatic N) is 1. The molecule has 1 aromatic rings. The van der Waals surface area contributed by atoms with E-state index in [2.05, 4.69) is 22.0 Å². The van der Waals surface area contributed by atoms with E-state index in [1.807, 2.05) is 12.1 Å². The lowest BCUT2D eigenvalue weighted by atomic mass is 9.80. The lowest BCUT2D eigenvalue weighted by Crippen LogP contribution is -2.52. The van der Waals surface area contributed by atoms with Crippen molar-refractivity contribution in [3.63, 3.8) is 0 Å². The fourth-order valence-corrected chi connectivity index (χ4v) is 5.25. The van der Waals surface area contributed by atoms with Crippen LogP contribution in [-0.2, 0) is 22.7 Å². The van der Waals surface area contributed by atoms with Gasteiger partial charge in [-0.25, -0.2) is 0 Å². The predicted octanol–water partition coefficient (Wildman–Crippen LogP) is 0.679. The molecule has 3 fully saturated rings. The van der Waals surface area contributed by atoms with Crippen LogP contribution in [0.4, 0.5) is 0 Å². The zero-order valence-electron chi connectivity index (χ0n) is 15.9. The zero-order valence-corrected chi connectivity index (χ0v) is 15.9. The molecule has 1 spiro atoms. The van der Waals surface area contributed by atoms with Crippen LogP contribution >= 0.6 is 0 Å². The van der Waals surface area contributed by atoms with Crippen molar-refractivity contribution in [1.29, 1.82) is 0 Å². The van der Waals surface area contributed by atoms with Crippen molar-refractivity contribution < 1.29 is 14.4 Å². The summed E-state index contributed by atoms with van der Waals surface area (Å²) in [6.45, 7) is 3.47. The quantitative estimate of drug-likeness (QED) is 0.667. The minimum atomic E-state index is -0.556. The van der Waals surface area contributed by atoms with Crippen molar-refractivity contribution in [2.24, 2.45) is 5.41 Å². The average molecular weight is 382 g/mol. The fourth-order valence-electron chi connectivity index (χ4n) is 5.25. The van der Waals surface area contributed by atoms with Gasteiger partial charge in [-0.3, -0.25) is 19.7 Å². The Morgan fingerprint density at radius 2 is 2.04 bits per heavy atom. The van der Waals surface area contributed by atoms with Gasteiger partial charge < -0.3 is 15.5 Å². The largest absolute Gasteiger partial charge is 0.322 e. The molecule has 3 heterocycles. The van der Waals surface area contributed by atoms with Crippen molar-refractivity contribution in [2.45, 2.75) is 57.3 Å². The Hall–Kier alpha value is -2.25. The van der Waals surface area contributed by atoms with E-state index in [9.17, 15) is 14.4 Å². The second-order valence-electron chi connectivity index (χ2n) is 8.77. The van der Waals surface area contributed by atoms with Crippen LogP contribution in [0, 0.1) is 5.41 Å². The highest BCUT2D eigenvalue weighted by molar-refractivity contribution is 6.05. The number of carbonyl (C=O) groups excluding carboxylic acids is 3. The number of fused-ring (bicyclic) bond motifs is 1. The van der Waals surface area contributed by atoms with Gasteiger partial charge in [0.25, 0.3) is 5.91 Å². The van der Waals surface area contributed by atoms with E-state index in [1.54, 1.807) is 4.90 Å². The molecule has 2 saturated heterocycles. The number of rotatable bonds is 4. The van der Waals surface area contributed by atoms with E-state index < -0.39 is 6.04 Å². The summed E-state index contributed by atoms with van der Waals surface area (Å²) >= 11 is 0. The monoisotopic (exact) mass is 382 g/mol. The first-order chi connectivity index (χ1) is 13.5. The third-order valence-corrected chi connectivity index (χ3v) is 6.96. The number of hydrogen-bond donors (Lipinski definition) is 3. The molecule has 3 aliphatic heterocycles. The van der Waals surface area contributed by atoms with Gasteiger partial charge in [-0.1, -0.05) is 12.1 Å². The number of carbonyl (C=O) groups is 3. The van der Waals surface area contributed by atoms with Gasteiger partial charge in [-0.2, -0.15) is 0 Å². The van der Waals surface area contributed by atoms with Gasteiger partial charge in [0, 0.05) is 44.2 Å². The number of amides is 3. The first kappa shape index (κ1) is 17.8. The SMILES string of the molecule is O=C1CCC(N2Cc3c(CNC4CCC5(CNC5)C4)cccc3C2=O)C(=O)N1. The molecule has 4 aliphatic rings. The number of nitrogens with one attached hydrogen (secondary N) is 3. The summed E-state index contributed by atoms with van der Waals surface area (Å²) in [4.78, 5) is 38.2. The molecule has 0 aromatic heterocycles. The molecule has 1 saturated carbocycles. The number of hydrogen-bond acceptors (Lipinski definition) is 5. The Morgan fingerprint density at radius 1 is 1.18 bits per heavy atom. The van der Waals surface area contributed by atoms with Crippen molar-refractivity contribution in [1.82, 2.24) is 20.9 Å². The van der Waals surface area contributed by atoms with E-state index in [1.165, 1.54) is 19.3 Å². The molecule has 5 rings (SSSR count). The standard InChI is InChI=1S/C21H26N4O3/c26-18-5-4-17(19(27)24-18)25-10-16-13(2-1-3-15(16)20(25)28)9-23-14-6-7-21(8-14)11-22-12-21/h1-3,14,17,22-23H,4-12H2,(H,24,26,27). The fraction of sp³-hybridized carbons (Fsp3) is 0.571. The Balaban J connectivity index is 1.28. The smallest absolute Gasteiger partial charge is 0.255 e. The Bertz CT molecular complexity index is 848. The highest BCUT2D eigenvalue weighted by Crippen LogP contribution is 2.41. The third-order valence-electron chi connectivity index (χ3n) is 6.96. The van der Waals surface area contributed by atoms with Crippen LogP contribution < -0.4 is 16.0 Å². The van der Waals surface area contributed by atoms with Gasteiger partial charge in [0.05, 0.1) is 0 Å². The Kier molecular flexibility index (Phi) is 4.25. The molecule has 1 aromatic carbocycles. The molecule has 3 amide bonds. The highest BCUT2D eigenvalue weighted by Gasteiger charge is 2.43. The van der Waals surface area contributed by atoms with Crippen LogP contribution in [0.1, 0.15) is 53.6 Å². The maximum Gasteiger partial charge on any atom is 0.255 e. The summed E-state index contributed by atoms with van der Waals surface area (Å²) in [5.74, 6) is -0.722. The van der Waals surface area contributed by atoms with E-state index in [0.29, 0.717) is 30.0 Å². The van der Waals surface area contributed by atoms with Crippen LogP contribution in [0.3, 0.4) is 0 Å². The van der Waals surface area contributed by atoms with Crippen LogP contribution in [-0.4, -0.2) is 47.8 Å². The normalized spacial score (nSPS) is 28.4. The van der Waals surface area contributed by atoms with Gasteiger partial charge >= 0.3 is 0 Å². The number of benzene rings is 1. The third kappa shape index (κ3) is 2.93. The summed E-state index contributed by atoms with van der Waals surface area (Å²) in [6, 6.07) is 5.81. The van der Waals surface area contributed by atoms with Gasteiger partial charge in [-0.15, -0.1) is 0 Å². The van der Waals surface area contributed by atoms with Crippen LogP contribution in [0.2, 0.25) is 0 Å². The molecule has 1 aliphatic carbocycles. The lowest BCUT2D eigenvalue weighted by Gasteiger charge is -2.39. The molecular weight excluding hydrogens is 356 g/mol. The average Bonchev–Trinajstić information content (AvgIpc) is 3.23. The first-order valence-corrected chi connectivity index (χ1v) is 10.2. The second kappa shape index (κ2) is 6.67. The maximum atomic E-state index is 12.9. The van der Waals surface area contributed by atoms with Gasteiger partial charge in [0.1, 0.15) is 6.04 Å². The predicted molar refractivity (Wildman–Crippen MR) is 102 cm³/mol. The maximum absolute atomic E-state index is 12.9. The van der Waals surface area contributed by atoms with Crippen LogP contribution in [0.25, 0.3) is 0 Å². The zero-order chi connectivity index (χ0) is 19.3. The van der Waals surface area contributed by atoms with Gasteiger partial charge in [0.15, 0.2) is 0 Å². The Morgan fingerprint density at radius 3 is 2.75 bits per heavy atom. The van der Waals surface area contributed by atoms with Crippen LogP contribution in [0.15, 0.2) is 18.2 Å². The molecule has 0 radical (unpaired) electrons. The Labute approximate surface area is 164 Å². The molecule has 2 atom stereocenters. The summed E-state index contributed by atoms with van der Waals surface area (Å²) in [5, 5.41) is 9.45. The highest BCUT2D eigenvalue weighted by atomic mass is 16.2. The summed E-state index contributed by atoms with van der Waals surface area (Å²) in [7, 11) is 0. The van der Waals surface area contributed by atoms with Gasteiger partial charge in [0.2, 0.25) is 11.8 Å². The van der Waals surface area contributed by atoms with Crippen molar-refractivity contribution in [3.05, 3.63) is 34.9 Å². The van der Waals surface area contributed by atoms with Crippen molar-refractivity contribution in [2.75, 3.05) is 13.1 Å². The summed E-state index contributed by atoms with van der Waals surface area (Å²) in [5.41, 5.74) is 3.35. The summed E-state index contributed by atoms with van der Waals surface area (Å²) in [6.07, 6.45) is 4.39. The van der Waals surface area contributed by atoms with E-state index in [4.69, 9.17) is 0 Å². The van der Waals surface area contributed by atoms with Crippen molar-refractivity contribution >= 4 is 17.7 Å². The van der Waals surface area contributed by atoms with E-state index >= 15 is 0 Å². The van der Waals surface area contributed by atoms with E-state index in [0.717, 1.165) is 30.8 Å². The molecule has 7 heteroatoms. The van der Waals surface area contributed by atoms with Gasteiger partial charge in [-0.05, 0) is 48.3 Å². The molecule has 28 heavy (non-hydrogen) atoms. The first-order valence-electron chi connectivity index (χ1n) is 10.2. The number of piperidine rings is 1. The second-order valence-corrected chi connectivity index (χ2v) is 8.77. The van der Waals surface area contributed by atoms with E-state index in [-0.39, 0.29) is 24.1 Å². The van der Waals surface area contributed by atoms with Crippen molar-refractivity contribution in [3.8, 4) is 0 Å². The molecule has 2 unspecified atom stereocenters. The summed E-state index contributed by atoms with van der Waals surface area (Å²) < 4.78 is 0.